The van der Waals surface area contributed by atoms with E-state index >= 15 is 0 Å². The predicted octanol–water partition coefficient (Wildman–Crippen LogP) is 2.20. The van der Waals surface area contributed by atoms with Gasteiger partial charge in [0.15, 0.2) is 5.13 Å². The summed E-state index contributed by atoms with van der Waals surface area (Å²) in [5.41, 5.74) is 5.99. The molecule has 106 valence electrons. The minimum absolute atomic E-state index is 0.0614. The fraction of sp³-hybridized carbons (Fsp3) is 0.583. The smallest absolute Gasteiger partial charge is 0.362 e. The van der Waals surface area contributed by atoms with Crippen LogP contribution in [0.15, 0.2) is 10.5 Å². The van der Waals surface area contributed by atoms with E-state index in [9.17, 15) is 4.79 Å². The van der Waals surface area contributed by atoms with Crippen molar-refractivity contribution in [2.45, 2.75) is 33.1 Å². The summed E-state index contributed by atoms with van der Waals surface area (Å²) in [4.78, 5) is 20.9. The van der Waals surface area contributed by atoms with E-state index in [4.69, 9.17) is 15.3 Å². The number of oxime groups is 1. The Morgan fingerprint density at radius 3 is 2.84 bits per heavy atom. The standard InChI is InChI=1S/C12H19N3O3S/c1-3-5-6-7-18-15-10(11(16)17-4-2)9-8-19-12(13)14-9/h8H,3-7H2,1-2H3,(H2,13,14)/b15-10-. The van der Waals surface area contributed by atoms with Crippen molar-refractivity contribution in [3.63, 3.8) is 0 Å². The average molecular weight is 285 g/mol. The number of unbranched alkanes of at least 4 members (excludes halogenated alkanes) is 2. The molecule has 7 heteroatoms. The lowest BCUT2D eigenvalue weighted by molar-refractivity contribution is -0.135. The number of carbonyl (C=O) groups excluding carboxylic acids is 1. The number of hydrogen-bond acceptors (Lipinski definition) is 7. The van der Waals surface area contributed by atoms with Gasteiger partial charge in [-0.05, 0) is 13.3 Å². The number of nitrogen functional groups attached to an aromatic ring is 1. The molecule has 1 aromatic rings. The number of thiazole rings is 1. The Labute approximate surface area is 116 Å². The molecule has 0 aromatic carbocycles. The minimum Gasteiger partial charge on any atom is -0.461 e. The predicted molar refractivity (Wildman–Crippen MR) is 75.2 cm³/mol. The molecule has 0 saturated heterocycles. The minimum atomic E-state index is -0.553. The number of nitrogens with zero attached hydrogens (tertiary/aromatic N) is 2. The van der Waals surface area contributed by atoms with Crippen LogP contribution in [0.25, 0.3) is 0 Å². The zero-order chi connectivity index (χ0) is 14.1. The molecule has 0 fully saturated rings. The Morgan fingerprint density at radius 1 is 1.47 bits per heavy atom. The average Bonchev–Trinajstić information content (AvgIpc) is 2.80. The van der Waals surface area contributed by atoms with Gasteiger partial charge in [-0.1, -0.05) is 24.9 Å². The normalized spacial score (nSPS) is 11.4. The summed E-state index contributed by atoms with van der Waals surface area (Å²) in [6.07, 6.45) is 3.06. The lowest BCUT2D eigenvalue weighted by Gasteiger charge is -2.04. The van der Waals surface area contributed by atoms with Crippen LogP contribution in [0.4, 0.5) is 5.13 Å². The van der Waals surface area contributed by atoms with Crippen molar-refractivity contribution in [2.24, 2.45) is 5.16 Å². The molecular weight excluding hydrogens is 266 g/mol. The summed E-state index contributed by atoms with van der Waals surface area (Å²) < 4.78 is 4.92. The van der Waals surface area contributed by atoms with Crippen molar-refractivity contribution in [3.05, 3.63) is 11.1 Å². The summed E-state index contributed by atoms with van der Waals surface area (Å²) in [7, 11) is 0. The molecule has 0 aliphatic carbocycles. The molecule has 6 nitrogen and oxygen atoms in total. The van der Waals surface area contributed by atoms with Crippen LogP contribution in [-0.4, -0.2) is 29.9 Å². The molecule has 0 aliphatic heterocycles. The Morgan fingerprint density at radius 2 is 2.26 bits per heavy atom. The first kappa shape index (κ1) is 15.4. The SMILES string of the molecule is CCCCCO/N=C(\C(=O)OCC)c1csc(N)n1. The van der Waals surface area contributed by atoms with Crippen molar-refractivity contribution in [3.8, 4) is 0 Å². The number of anilines is 1. The fourth-order valence-corrected chi connectivity index (χ4v) is 1.86. The maximum Gasteiger partial charge on any atom is 0.362 e. The first-order valence-corrected chi connectivity index (χ1v) is 7.15. The maximum absolute atomic E-state index is 11.8. The molecule has 0 unspecified atom stereocenters. The van der Waals surface area contributed by atoms with Gasteiger partial charge in [-0.25, -0.2) is 9.78 Å². The number of aromatic nitrogens is 1. The highest BCUT2D eigenvalue weighted by atomic mass is 32.1. The number of hydrogen-bond donors (Lipinski definition) is 1. The Balaban J connectivity index is 2.69. The lowest BCUT2D eigenvalue weighted by atomic mass is 10.3. The van der Waals surface area contributed by atoms with E-state index in [0.29, 0.717) is 17.4 Å². The summed E-state index contributed by atoms with van der Waals surface area (Å²) >= 11 is 1.24. The Bertz CT molecular complexity index is 432. The van der Waals surface area contributed by atoms with E-state index in [0.717, 1.165) is 19.3 Å². The summed E-state index contributed by atoms with van der Waals surface area (Å²) in [5.74, 6) is -0.553. The van der Waals surface area contributed by atoms with E-state index in [1.165, 1.54) is 11.3 Å². The number of nitrogens with two attached hydrogens (primary N) is 1. The largest absolute Gasteiger partial charge is 0.461 e. The van der Waals surface area contributed by atoms with E-state index < -0.39 is 5.97 Å². The van der Waals surface area contributed by atoms with Gasteiger partial charge in [0.25, 0.3) is 0 Å². The number of esters is 1. The molecule has 0 amide bonds. The van der Waals surface area contributed by atoms with Gasteiger partial charge in [0.1, 0.15) is 12.3 Å². The lowest BCUT2D eigenvalue weighted by Crippen LogP contribution is -2.20. The van der Waals surface area contributed by atoms with Gasteiger partial charge >= 0.3 is 5.97 Å². The molecule has 0 atom stereocenters. The van der Waals surface area contributed by atoms with Crippen LogP contribution >= 0.6 is 11.3 Å². The van der Waals surface area contributed by atoms with E-state index in [1.54, 1.807) is 12.3 Å². The van der Waals surface area contributed by atoms with Crippen molar-refractivity contribution < 1.29 is 14.4 Å². The second-order valence-corrected chi connectivity index (χ2v) is 4.66. The van der Waals surface area contributed by atoms with Gasteiger partial charge in [0.05, 0.1) is 6.61 Å². The third kappa shape index (κ3) is 5.25. The van der Waals surface area contributed by atoms with Crippen LogP contribution in [0.2, 0.25) is 0 Å². The van der Waals surface area contributed by atoms with Gasteiger partial charge in [-0.2, -0.15) is 0 Å². The van der Waals surface area contributed by atoms with Crippen LogP contribution < -0.4 is 5.73 Å². The molecule has 1 heterocycles. The zero-order valence-corrected chi connectivity index (χ0v) is 12.0. The molecule has 0 radical (unpaired) electrons. The second-order valence-electron chi connectivity index (χ2n) is 3.77. The van der Waals surface area contributed by atoms with Crippen LogP contribution in [-0.2, 0) is 14.4 Å². The molecule has 1 aromatic heterocycles. The van der Waals surface area contributed by atoms with Crippen LogP contribution in [0.3, 0.4) is 0 Å². The van der Waals surface area contributed by atoms with Crippen molar-refractivity contribution in [2.75, 3.05) is 18.9 Å². The first-order chi connectivity index (χ1) is 9.19. The summed E-state index contributed by atoms with van der Waals surface area (Å²) in [5, 5.41) is 5.85. The zero-order valence-electron chi connectivity index (χ0n) is 11.2. The van der Waals surface area contributed by atoms with E-state index in [1.807, 2.05) is 0 Å². The van der Waals surface area contributed by atoms with Gasteiger partial charge in [0, 0.05) is 5.38 Å². The first-order valence-electron chi connectivity index (χ1n) is 6.27. The molecule has 0 spiro atoms. The summed E-state index contributed by atoms with van der Waals surface area (Å²) in [6.45, 7) is 4.57. The maximum atomic E-state index is 11.8. The topological polar surface area (TPSA) is 86.8 Å². The second kappa shape index (κ2) is 8.47. The Hall–Kier alpha value is -1.63. The highest BCUT2D eigenvalue weighted by Gasteiger charge is 2.19. The number of rotatable bonds is 8. The van der Waals surface area contributed by atoms with E-state index in [2.05, 4.69) is 17.1 Å². The quantitative estimate of drug-likeness (QED) is 0.342. The molecule has 0 bridgehead atoms. The van der Waals surface area contributed by atoms with Gasteiger partial charge in [-0.3, -0.25) is 0 Å². The fourth-order valence-electron chi connectivity index (χ4n) is 1.31. The van der Waals surface area contributed by atoms with Crippen molar-refractivity contribution in [1.29, 1.82) is 0 Å². The van der Waals surface area contributed by atoms with Crippen LogP contribution in [0, 0.1) is 0 Å². The van der Waals surface area contributed by atoms with Gasteiger partial charge < -0.3 is 15.3 Å². The van der Waals surface area contributed by atoms with Crippen molar-refractivity contribution >= 4 is 28.1 Å². The van der Waals surface area contributed by atoms with Crippen LogP contribution in [0.1, 0.15) is 38.8 Å². The highest BCUT2D eigenvalue weighted by molar-refractivity contribution is 7.13. The van der Waals surface area contributed by atoms with Gasteiger partial charge in [0.2, 0.25) is 5.71 Å². The molecule has 19 heavy (non-hydrogen) atoms. The van der Waals surface area contributed by atoms with E-state index in [-0.39, 0.29) is 12.3 Å². The molecule has 2 N–H and O–H groups in total. The molecule has 1 rings (SSSR count). The van der Waals surface area contributed by atoms with Gasteiger partial charge in [-0.15, -0.1) is 11.3 Å². The number of ether oxygens (including phenoxy) is 1. The van der Waals surface area contributed by atoms with Crippen molar-refractivity contribution in [1.82, 2.24) is 4.98 Å². The third-order valence-electron chi connectivity index (χ3n) is 2.23. The molecular formula is C12H19N3O3S. The summed E-state index contributed by atoms with van der Waals surface area (Å²) in [6, 6.07) is 0. The Kier molecular flexibility index (Phi) is 6.88. The monoisotopic (exact) mass is 285 g/mol. The number of carbonyl (C=O) groups is 1. The molecule has 0 saturated carbocycles. The molecule has 0 aliphatic rings. The third-order valence-corrected chi connectivity index (χ3v) is 2.90. The van der Waals surface area contributed by atoms with Crippen LogP contribution in [0.5, 0.6) is 0 Å². The highest BCUT2D eigenvalue weighted by Crippen LogP contribution is 2.13.